The fourth-order valence-corrected chi connectivity index (χ4v) is 5.73. The van der Waals surface area contributed by atoms with Crippen LogP contribution in [0.5, 0.6) is 5.75 Å². The molecular weight excluding hydrogens is 503 g/mol. The van der Waals surface area contributed by atoms with Crippen molar-refractivity contribution >= 4 is 45.6 Å². The number of carbonyl (C=O) groups excluding carboxylic acids is 1. The van der Waals surface area contributed by atoms with Crippen molar-refractivity contribution in [1.82, 2.24) is 15.0 Å². The number of ether oxygens (including phenoxy) is 1. The molecule has 6 nitrogen and oxygen atoms in total. The number of pyridine rings is 2. The van der Waals surface area contributed by atoms with Crippen LogP contribution in [0.25, 0.3) is 11.1 Å². The van der Waals surface area contributed by atoms with Crippen molar-refractivity contribution in [2.45, 2.75) is 32.1 Å². The van der Waals surface area contributed by atoms with Gasteiger partial charge in [-0.05, 0) is 61.9 Å². The monoisotopic (exact) mass is 524 g/mol. The maximum Gasteiger partial charge on any atom is 0.259 e. The summed E-state index contributed by atoms with van der Waals surface area (Å²) in [7, 11) is 1.56. The van der Waals surface area contributed by atoms with Crippen molar-refractivity contribution in [2.24, 2.45) is 0 Å². The van der Waals surface area contributed by atoms with Crippen LogP contribution in [0.3, 0.4) is 0 Å². The van der Waals surface area contributed by atoms with Crippen LogP contribution in [0.15, 0.2) is 48.8 Å². The molecule has 1 N–H and O–H groups in total. The lowest BCUT2D eigenvalue weighted by Gasteiger charge is -2.21. The Labute approximate surface area is 217 Å². The van der Waals surface area contributed by atoms with Gasteiger partial charge in [-0.3, -0.25) is 15.1 Å². The van der Waals surface area contributed by atoms with Gasteiger partial charge in [0, 0.05) is 32.9 Å². The Bertz CT molecular complexity index is 1410. The van der Waals surface area contributed by atoms with E-state index in [1.807, 2.05) is 25.1 Å². The minimum atomic E-state index is -0.289. The van der Waals surface area contributed by atoms with E-state index in [2.05, 4.69) is 27.4 Å². The molecule has 1 aromatic carbocycles. The molecule has 0 saturated heterocycles. The number of amides is 1. The lowest BCUT2D eigenvalue weighted by atomic mass is 9.85. The van der Waals surface area contributed by atoms with Gasteiger partial charge in [0.2, 0.25) is 0 Å². The molecule has 0 radical (unpaired) electrons. The number of hydrogen-bond acceptors (Lipinski definition) is 6. The van der Waals surface area contributed by atoms with Crippen molar-refractivity contribution in [3.8, 4) is 16.9 Å². The molecular formula is C26H22Cl2N4O2S. The Morgan fingerprint density at radius 1 is 1.11 bits per heavy atom. The molecule has 5 rings (SSSR count). The summed E-state index contributed by atoms with van der Waals surface area (Å²) in [6, 6.07) is 11.6. The molecule has 0 saturated carbocycles. The van der Waals surface area contributed by atoms with Gasteiger partial charge < -0.3 is 4.74 Å². The zero-order valence-electron chi connectivity index (χ0n) is 19.1. The average molecular weight is 525 g/mol. The summed E-state index contributed by atoms with van der Waals surface area (Å²) in [6.45, 7) is 1.87. The summed E-state index contributed by atoms with van der Waals surface area (Å²) < 4.78 is 5.46. The molecule has 3 aromatic heterocycles. The number of fused-ring (bicyclic) bond motifs is 1. The van der Waals surface area contributed by atoms with Crippen molar-refractivity contribution in [3.05, 3.63) is 86.4 Å². The molecule has 0 bridgehead atoms. The molecule has 3 heterocycles. The molecule has 1 aliphatic rings. The number of rotatable bonds is 5. The largest absolute Gasteiger partial charge is 0.494 e. The number of aryl methyl sites for hydroxylation is 2. The van der Waals surface area contributed by atoms with E-state index >= 15 is 0 Å². The first-order valence-corrected chi connectivity index (χ1v) is 12.7. The SMILES string of the molecule is COc1cnc(Cl)cc1-c1cc(C)ncc1C(=O)Nc1nc2c(s1)CC(c1ccc(Cl)cc1)CC2. The standard InChI is InChI=1S/C26H22Cl2N4O2S/c1-14-9-18(19-11-24(28)30-13-22(19)34-2)20(12-29-14)25(33)32-26-31-21-8-5-16(10-23(21)35-26)15-3-6-17(27)7-4-15/h3-4,6-7,9,11-13,16H,5,8,10H2,1-2H3,(H,31,32,33). The molecule has 1 amide bonds. The maximum atomic E-state index is 13.3. The lowest BCUT2D eigenvalue weighted by Crippen LogP contribution is -2.14. The Morgan fingerprint density at radius 2 is 1.91 bits per heavy atom. The second kappa shape index (κ2) is 9.93. The summed E-state index contributed by atoms with van der Waals surface area (Å²) in [6.07, 6.45) is 5.90. The number of halogens is 2. The Morgan fingerprint density at radius 3 is 2.69 bits per heavy atom. The molecule has 4 aromatic rings. The molecule has 0 spiro atoms. The normalized spacial score (nSPS) is 14.9. The van der Waals surface area contributed by atoms with Gasteiger partial charge in [-0.25, -0.2) is 9.97 Å². The van der Waals surface area contributed by atoms with Gasteiger partial charge in [-0.1, -0.05) is 35.3 Å². The molecule has 9 heteroatoms. The third-order valence-electron chi connectivity index (χ3n) is 6.13. The Hall–Kier alpha value is -3.00. The van der Waals surface area contributed by atoms with E-state index in [0.29, 0.717) is 38.6 Å². The minimum Gasteiger partial charge on any atom is -0.494 e. The van der Waals surface area contributed by atoms with Crippen LogP contribution in [-0.2, 0) is 12.8 Å². The average Bonchev–Trinajstić information content (AvgIpc) is 3.25. The third-order valence-corrected chi connectivity index (χ3v) is 7.63. The number of thiazole rings is 1. The summed E-state index contributed by atoms with van der Waals surface area (Å²) in [4.78, 5) is 27.7. The van der Waals surface area contributed by atoms with Crippen molar-refractivity contribution < 1.29 is 9.53 Å². The summed E-state index contributed by atoms with van der Waals surface area (Å²) in [5.41, 5.74) is 4.85. The van der Waals surface area contributed by atoms with Gasteiger partial charge in [-0.15, -0.1) is 11.3 Å². The highest BCUT2D eigenvalue weighted by Gasteiger charge is 2.25. The summed E-state index contributed by atoms with van der Waals surface area (Å²) >= 11 is 13.7. The van der Waals surface area contributed by atoms with Gasteiger partial charge in [-0.2, -0.15) is 0 Å². The summed E-state index contributed by atoms with van der Waals surface area (Å²) in [5.74, 6) is 0.649. The number of aromatic nitrogens is 3. The fraction of sp³-hybridized carbons (Fsp3) is 0.231. The van der Waals surface area contributed by atoms with Crippen LogP contribution < -0.4 is 10.1 Å². The predicted octanol–water partition coefficient (Wildman–Crippen LogP) is 6.75. The highest BCUT2D eigenvalue weighted by molar-refractivity contribution is 7.15. The van der Waals surface area contributed by atoms with E-state index in [1.54, 1.807) is 25.6 Å². The second-order valence-corrected chi connectivity index (χ2v) is 10.3. The number of methoxy groups -OCH3 is 1. The van der Waals surface area contributed by atoms with Gasteiger partial charge >= 0.3 is 0 Å². The van der Waals surface area contributed by atoms with E-state index < -0.39 is 0 Å². The first-order valence-electron chi connectivity index (χ1n) is 11.1. The van der Waals surface area contributed by atoms with E-state index in [-0.39, 0.29) is 5.91 Å². The first kappa shape index (κ1) is 23.7. The van der Waals surface area contributed by atoms with Crippen LogP contribution in [0.1, 0.15) is 44.5 Å². The maximum absolute atomic E-state index is 13.3. The van der Waals surface area contributed by atoms with Crippen molar-refractivity contribution in [2.75, 3.05) is 12.4 Å². The van der Waals surface area contributed by atoms with E-state index in [9.17, 15) is 4.79 Å². The zero-order chi connectivity index (χ0) is 24.5. The zero-order valence-corrected chi connectivity index (χ0v) is 21.5. The third kappa shape index (κ3) is 5.03. The van der Waals surface area contributed by atoms with Crippen LogP contribution in [0.2, 0.25) is 10.2 Å². The highest BCUT2D eigenvalue weighted by atomic mass is 35.5. The van der Waals surface area contributed by atoms with Gasteiger partial charge in [0.05, 0.1) is 24.6 Å². The van der Waals surface area contributed by atoms with Gasteiger partial charge in [0.1, 0.15) is 10.9 Å². The molecule has 1 unspecified atom stereocenters. The quantitative estimate of drug-likeness (QED) is 0.292. The number of hydrogen-bond donors (Lipinski definition) is 1. The van der Waals surface area contributed by atoms with Crippen molar-refractivity contribution in [1.29, 1.82) is 0 Å². The Kier molecular flexibility index (Phi) is 6.73. The molecule has 178 valence electrons. The van der Waals surface area contributed by atoms with Crippen molar-refractivity contribution in [3.63, 3.8) is 0 Å². The van der Waals surface area contributed by atoms with E-state index in [1.165, 1.54) is 21.8 Å². The molecule has 1 aliphatic carbocycles. The topological polar surface area (TPSA) is 77.0 Å². The number of anilines is 1. The predicted molar refractivity (Wildman–Crippen MR) is 140 cm³/mol. The number of benzene rings is 1. The number of carbonyl (C=O) groups is 1. The van der Waals surface area contributed by atoms with Crippen LogP contribution >= 0.6 is 34.5 Å². The van der Waals surface area contributed by atoms with Crippen LogP contribution in [0.4, 0.5) is 5.13 Å². The molecule has 0 aliphatic heterocycles. The fourth-order valence-electron chi connectivity index (χ4n) is 4.37. The van der Waals surface area contributed by atoms with E-state index in [0.717, 1.165) is 35.7 Å². The molecule has 1 atom stereocenters. The first-order chi connectivity index (χ1) is 16.9. The molecule has 35 heavy (non-hydrogen) atoms. The van der Waals surface area contributed by atoms with E-state index in [4.69, 9.17) is 32.9 Å². The van der Waals surface area contributed by atoms with Gasteiger partial charge in [0.25, 0.3) is 5.91 Å². The highest BCUT2D eigenvalue weighted by Crippen LogP contribution is 2.38. The summed E-state index contributed by atoms with van der Waals surface area (Å²) in [5, 5.41) is 4.62. The number of nitrogens with one attached hydrogen (secondary N) is 1. The molecule has 0 fully saturated rings. The minimum absolute atomic E-state index is 0.289. The smallest absolute Gasteiger partial charge is 0.259 e. The van der Waals surface area contributed by atoms with Gasteiger partial charge in [0.15, 0.2) is 5.13 Å². The Balaban J connectivity index is 1.40. The second-order valence-electron chi connectivity index (χ2n) is 8.41. The van der Waals surface area contributed by atoms with Crippen LogP contribution in [-0.4, -0.2) is 28.0 Å². The van der Waals surface area contributed by atoms with Crippen LogP contribution in [0, 0.1) is 6.92 Å². The number of nitrogens with zero attached hydrogens (tertiary/aromatic N) is 3. The lowest BCUT2D eigenvalue weighted by molar-refractivity contribution is 0.102.